The highest BCUT2D eigenvalue weighted by Crippen LogP contribution is 1.93. The maximum absolute atomic E-state index is 4.76. The monoisotopic (exact) mass is 222 g/mol. The summed E-state index contributed by atoms with van der Waals surface area (Å²) in [5.41, 5.74) is 1.32. The zero-order valence-corrected chi connectivity index (χ0v) is 11.4. The van der Waals surface area contributed by atoms with Crippen molar-refractivity contribution < 1.29 is 4.74 Å². The molecule has 0 aromatic heterocycles. The quantitative estimate of drug-likeness (QED) is 0.602. The molecule has 1 aliphatic heterocycles. The summed E-state index contributed by atoms with van der Waals surface area (Å²) >= 11 is 0. The van der Waals surface area contributed by atoms with Crippen molar-refractivity contribution in [3.05, 3.63) is 48.2 Å². The molecule has 92 valence electrons. The van der Waals surface area contributed by atoms with E-state index in [1.807, 2.05) is 52.0 Å². The minimum Gasteiger partial charge on any atom is -0.501 e. The molecule has 1 heterocycles. The average Bonchev–Trinajstić information content (AvgIpc) is 2.94. The average molecular weight is 222 g/mol. The van der Waals surface area contributed by atoms with Gasteiger partial charge >= 0.3 is 0 Å². The van der Waals surface area contributed by atoms with Crippen LogP contribution in [0.5, 0.6) is 0 Å². The van der Waals surface area contributed by atoms with Gasteiger partial charge in [0, 0.05) is 6.42 Å². The first-order valence-corrected chi connectivity index (χ1v) is 6.18. The van der Waals surface area contributed by atoms with E-state index in [1.165, 1.54) is 5.56 Å². The molecule has 0 aliphatic carbocycles. The van der Waals surface area contributed by atoms with Crippen molar-refractivity contribution in [2.75, 3.05) is 6.61 Å². The molecule has 1 aromatic carbocycles. The molecule has 0 N–H and O–H groups in total. The molecule has 1 aliphatic rings. The van der Waals surface area contributed by atoms with Crippen molar-refractivity contribution in [1.29, 1.82) is 0 Å². The minimum absolute atomic E-state index is 0.889. The molecule has 16 heavy (non-hydrogen) atoms. The third kappa shape index (κ3) is 12.8. The largest absolute Gasteiger partial charge is 0.501 e. The number of rotatable bonds is 0. The first-order chi connectivity index (χ1) is 7.89. The van der Waals surface area contributed by atoms with Crippen molar-refractivity contribution >= 4 is 0 Å². The van der Waals surface area contributed by atoms with Crippen LogP contribution in [0.15, 0.2) is 42.7 Å². The molecule has 0 unspecified atom stereocenters. The van der Waals surface area contributed by atoms with Crippen LogP contribution in [0.1, 0.15) is 39.7 Å². The smallest absolute Gasteiger partial charge is 0.0908 e. The predicted octanol–water partition coefficient (Wildman–Crippen LogP) is 4.97. The van der Waals surface area contributed by atoms with E-state index in [9.17, 15) is 0 Å². The summed E-state index contributed by atoms with van der Waals surface area (Å²) in [4.78, 5) is 0. The highest BCUT2D eigenvalue weighted by molar-refractivity contribution is 5.11. The lowest BCUT2D eigenvalue weighted by Crippen LogP contribution is -1.70. The number of ether oxygens (including phenoxy) is 1. The normalized spacial score (nSPS) is 10.6. The fraction of sp³-hybridized carbons (Fsp3) is 0.467. The highest BCUT2D eigenvalue weighted by Gasteiger charge is 1.84. The van der Waals surface area contributed by atoms with E-state index < -0.39 is 0 Å². The summed E-state index contributed by atoms with van der Waals surface area (Å²) < 4.78 is 4.76. The summed E-state index contributed by atoms with van der Waals surface area (Å²) in [7, 11) is 0. The lowest BCUT2D eigenvalue weighted by molar-refractivity contribution is 0.281. The summed E-state index contributed by atoms with van der Waals surface area (Å²) in [5.74, 6) is 0. The van der Waals surface area contributed by atoms with Gasteiger partial charge in [0.15, 0.2) is 0 Å². The van der Waals surface area contributed by atoms with Gasteiger partial charge < -0.3 is 4.74 Å². The Morgan fingerprint density at radius 3 is 1.69 bits per heavy atom. The van der Waals surface area contributed by atoms with Crippen LogP contribution >= 0.6 is 0 Å². The van der Waals surface area contributed by atoms with Crippen LogP contribution in [-0.2, 0) is 4.74 Å². The Kier molecular flexibility index (Phi) is 17.4. The van der Waals surface area contributed by atoms with Crippen LogP contribution in [0.3, 0.4) is 0 Å². The van der Waals surface area contributed by atoms with E-state index in [4.69, 9.17) is 4.74 Å². The summed E-state index contributed by atoms with van der Waals surface area (Å²) in [6, 6.07) is 10.3. The second-order valence-electron chi connectivity index (χ2n) is 2.69. The maximum Gasteiger partial charge on any atom is 0.0908 e. The van der Waals surface area contributed by atoms with E-state index in [0.717, 1.165) is 13.0 Å². The Bertz CT molecular complexity index is 220. The SMILES string of the molecule is C1=COCC1.CC.CC.Cc1ccccc1. The Labute approximate surface area is 101 Å². The van der Waals surface area contributed by atoms with Crippen molar-refractivity contribution in [1.82, 2.24) is 0 Å². The Morgan fingerprint density at radius 1 is 0.938 bits per heavy atom. The van der Waals surface area contributed by atoms with Crippen molar-refractivity contribution in [2.45, 2.75) is 41.0 Å². The topological polar surface area (TPSA) is 9.23 Å². The van der Waals surface area contributed by atoms with Gasteiger partial charge in [-0.25, -0.2) is 0 Å². The van der Waals surface area contributed by atoms with Crippen molar-refractivity contribution in [3.63, 3.8) is 0 Å². The molecule has 1 aromatic rings. The van der Waals surface area contributed by atoms with E-state index in [-0.39, 0.29) is 0 Å². The minimum atomic E-state index is 0.889. The predicted molar refractivity (Wildman–Crippen MR) is 73.6 cm³/mol. The third-order valence-corrected chi connectivity index (χ3v) is 1.54. The second kappa shape index (κ2) is 16.2. The van der Waals surface area contributed by atoms with Gasteiger partial charge in [-0.2, -0.15) is 0 Å². The van der Waals surface area contributed by atoms with Crippen LogP contribution in [0.25, 0.3) is 0 Å². The summed E-state index contributed by atoms with van der Waals surface area (Å²) in [5, 5.41) is 0. The third-order valence-electron chi connectivity index (χ3n) is 1.54. The number of aryl methyl sites for hydroxylation is 1. The first kappa shape index (κ1) is 17.2. The Hall–Kier alpha value is -1.24. The first-order valence-electron chi connectivity index (χ1n) is 6.18. The van der Waals surface area contributed by atoms with Gasteiger partial charge in [-0.15, -0.1) is 0 Å². The van der Waals surface area contributed by atoms with Crippen molar-refractivity contribution in [3.8, 4) is 0 Å². The zero-order chi connectivity index (χ0) is 12.6. The zero-order valence-electron chi connectivity index (χ0n) is 11.4. The van der Waals surface area contributed by atoms with E-state index >= 15 is 0 Å². The van der Waals surface area contributed by atoms with Crippen LogP contribution < -0.4 is 0 Å². The fourth-order valence-electron chi connectivity index (χ4n) is 0.875. The molecule has 1 heteroatoms. The van der Waals surface area contributed by atoms with Crippen LogP contribution in [0.2, 0.25) is 0 Å². The van der Waals surface area contributed by atoms with Crippen LogP contribution in [0, 0.1) is 6.92 Å². The summed E-state index contributed by atoms with van der Waals surface area (Å²) in [6.45, 7) is 11.0. The molecular formula is C15H26O. The van der Waals surface area contributed by atoms with Gasteiger partial charge in [0.05, 0.1) is 12.9 Å². The van der Waals surface area contributed by atoms with E-state index in [0.29, 0.717) is 0 Å². The standard InChI is InChI=1S/C7H8.C4H6O.2C2H6/c1-7-5-3-2-4-6-7;1-2-4-5-3-1;2*1-2/h2-6H,1H3;1,3H,2,4H2;2*1-2H3. The fourth-order valence-corrected chi connectivity index (χ4v) is 0.875. The molecule has 0 fully saturated rings. The molecule has 0 radical (unpaired) electrons. The van der Waals surface area contributed by atoms with Gasteiger partial charge in [0.2, 0.25) is 0 Å². The van der Waals surface area contributed by atoms with Gasteiger partial charge in [-0.05, 0) is 13.0 Å². The molecule has 2 rings (SSSR count). The van der Waals surface area contributed by atoms with Crippen LogP contribution in [-0.4, -0.2) is 6.61 Å². The van der Waals surface area contributed by atoms with E-state index in [2.05, 4.69) is 19.1 Å². The molecular weight excluding hydrogens is 196 g/mol. The van der Waals surface area contributed by atoms with Crippen molar-refractivity contribution in [2.24, 2.45) is 0 Å². The molecule has 0 saturated carbocycles. The van der Waals surface area contributed by atoms with E-state index in [1.54, 1.807) is 6.26 Å². The highest BCUT2D eigenvalue weighted by atomic mass is 16.5. The maximum atomic E-state index is 4.76. The molecule has 0 spiro atoms. The molecule has 1 nitrogen and oxygen atoms in total. The van der Waals surface area contributed by atoms with Gasteiger partial charge in [0.1, 0.15) is 0 Å². The number of hydrogen-bond donors (Lipinski definition) is 0. The van der Waals surface area contributed by atoms with Gasteiger partial charge in [0.25, 0.3) is 0 Å². The lowest BCUT2D eigenvalue weighted by atomic mass is 10.2. The van der Waals surface area contributed by atoms with Crippen LogP contribution in [0.4, 0.5) is 0 Å². The lowest BCUT2D eigenvalue weighted by Gasteiger charge is -1.82. The van der Waals surface area contributed by atoms with Gasteiger partial charge in [-0.1, -0.05) is 63.6 Å². The molecule has 0 amide bonds. The molecule has 0 saturated heterocycles. The molecule has 0 atom stereocenters. The number of benzene rings is 1. The number of hydrogen-bond acceptors (Lipinski definition) is 1. The molecule has 0 bridgehead atoms. The summed E-state index contributed by atoms with van der Waals surface area (Å²) in [6.07, 6.45) is 4.85. The van der Waals surface area contributed by atoms with Gasteiger partial charge in [-0.3, -0.25) is 0 Å². The second-order valence-corrected chi connectivity index (χ2v) is 2.69. The Balaban J connectivity index is 0. The Morgan fingerprint density at radius 2 is 1.50 bits per heavy atom.